The quantitative estimate of drug-likeness (QED) is 0.713. The van der Waals surface area contributed by atoms with Crippen molar-refractivity contribution in [2.75, 3.05) is 17.6 Å². The number of benzene rings is 1. The van der Waals surface area contributed by atoms with Crippen LogP contribution in [0.5, 0.6) is 0 Å². The first-order chi connectivity index (χ1) is 9.85. The van der Waals surface area contributed by atoms with Crippen molar-refractivity contribution < 1.29 is 22.3 Å². The average Bonchev–Trinajstić information content (AvgIpc) is 2.87. The monoisotopic (exact) mass is 314 g/mol. The Kier molecular flexibility index (Phi) is 3.80. The van der Waals surface area contributed by atoms with Crippen LogP contribution in [0.2, 0.25) is 0 Å². The van der Waals surface area contributed by atoms with E-state index in [2.05, 4.69) is 19.7 Å². The highest BCUT2D eigenvalue weighted by atomic mass is 32.2. The van der Waals surface area contributed by atoms with Crippen LogP contribution in [-0.2, 0) is 14.8 Å². The van der Waals surface area contributed by atoms with Gasteiger partial charge in [-0.2, -0.15) is 5.10 Å². The molecular formula is C11H11FN4O4S. The molecule has 0 saturated carbocycles. The Balaban J connectivity index is 2.37. The first-order valence-electron chi connectivity index (χ1n) is 5.54. The van der Waals surface area contributed by atoms with E-state index in [1.165, 1.54) is 0 Å². The number of aromatic nitrogens is 2. The third kappa shape index (κ3) is 2.94. The number of nitrogens with two attached hydrogens (primary N) is 1. The normalized spacial score (nSPS) is 11.1. The van der Waals surface area contributed by atoms with Crippen LogP contribution in [0.3, 0.4) is 0 Å². The van der Waals surface area contributed by atoms with Gasteiger partial charge in [-0.1, -0.05) is 0 Å². The molecule has 10 heteroatoms. The van der Waals surface area contributed by atoms with Crippen LogP contribution >= 0.6 is 0 Å². The predicted octanol–water partition coefficient (Wildman–Crippen LogP) is 0.718. The number of hydrogen-bond donors (Lipinski definition) is 3. The number of halogens is 1. The Hall–Kier alpha value is -2.62. The molecule has 4 N–H and O–H groups in total. The number of esters is 1. The molecule has 0 spiro atoms. The van der Waals surface area contributed by atoms with Crippen LogP contribution in [0.15, 0.2) is 29.3 Å². The zero-order chi connectivity index (χ0) is 15.6. The van der Waals surface area contributed by atoms with Gasteiger partial charge in [0.25, 0.3) is 10.0 Å². The van der Waals surface area contributed by atoms with Gasteiger partial charge in [0.15, 0.2) is 0 Å². The number of anilines is 2. The lowest BCUT2D eigenvalue weighted by Gasteiger charge is -2.08. The van der Waals surface area contributed by atoms with Crippen LogP contribution in [0.1, 0.15) is 10.4 Å². The number of nitrogens with zero attached hydrogens (tertiary/aromatic N) is 1. The third-order valence-corrected chi connectivity index (χ3v) is 3.95. The largest absolute Gasteiger partial charge is 0.465 e. The van der Waals surface area contributed by atoms with Crippen LogP contribution in [0.25, 0.3) is 0 Å². The smallest absolute Gasteiger partial charge is 0.340 e. The van der Waals surface area contributed by atoms with Gasteiger partial charge < -0.3 is 10.5 Å². The molecule has 0 unspecified atom stereocenters. The molecule has 0 aliphatic rings. The van der Waals surface area contributed by atoms with Crippen molar-refractivity contribution in [2.24, 2.45) is 0 Å². The number of ether oxygens (including phenoxy) is 1. The lowest BCUT2D eigenvalue weighted by Crippen LogP contribution is -2.15. The van der Waals surface area contributed by atoms with Gasteiger partial charge in [0.2, 0.25) is 0 Å². The van der Waals surface area contributed by atoms with E-state index < -0.39 is 27.4 Å². The summed E-state index contributed by atoms with van der Waals surface area (Å²) in [4.78, 5) is 11.1. The molecule has 1 aromatic heterocycles. The lowest BCUT2D eigenvalue weighted by molar-refractivity contribution is 0.0595. The van der Waals surface area contributed by atoms with Crippen LogP contribution in [0, 0.1) is 5.82 Å². The number of hydrogen-bond acceptors (Lipinski definition) is 6. The minimum Gasteiger partial charge on any atom is -0.465 e. The number of carbonyl (C=O) groups is 1. The standard InChI is InChI=1S/C11H11FN4O4S/c1-20-11(17)7-4-6(2-3-8(7)12)16-21(18,19)9-5-14-15-10(9)13/h2-5,16H,1H3,(H3,13,14,15). The van der Waals surface area contributed by atoms with Crippen molar-refractivity contribution in [1.29, 1.82) is 0 Å². The van der Waals surface area contributed by atoms with E-state index in [0.717, 1.165) is 31.5 Å². The molecule has 0 aliphatic carbocycles. The van der Waals surface area contributed by atoms with E-state index in [1.54, 1.807) is 0 Å². The van der Waals surface area contributed by atoms with Crippen LogP contribution < -0.4 is 10.5 Å². The molecule has 0 fully saturated rings. The summed E-state index contributed by atoms with van der Waals surface area (Å²) in [6, 6.07) is 3.13. The maximum atomic E-state index is 13.5. The number of H-pyrrole nitrogens is 1. The van der Waals surface area contributed by atoms with Gasteiger partial charge in [0, 0.05) is 5.69 Å². The van der Waals surface area contributed by atoms with Crippen molar-refractivity contribution in [3.05, 3.63) is 35.8 Å². The molecule has 0 amide bonds. The molecule has 1 heterocycles. The van der Waals surface area contributed by atoms with Crippen molar-refractivity contribution in [3.8, 4) is 0 Å². The van der Waals surface area contributed by atoms with Crippen LogP contribution in [0.4, 0.5) is 15.9 Å². The first-order valence-corrected chi connectivity index (χ1v) is 7.03. The van der Waals surface area contributed by atoms with E-state index in [1.807, 2.05) is 0 Å². The van der Waals surface area contributed by atoms with Gasteiger partial charge in [-0.05, 0) is 18.2 Å². The van der Waals surface area contributed by atoms with Gasteiger partial charge in [0.05, 0.1) is 18.9 Å². The molecule has 8 nitrogen and oxygen atoms in total. The number of nitrogens with one attached hydrogen (secondary N) is 2. The minimum atomic E-state index is -4.01. The van der Waals surface area contributed by atoms with Crippen molar-refractivity contribution in [3.63, 3.8) is 0 Å². The topological polar surface area (TPSA) is 127 Å². The second-order valence-electron chi connectivity index (χ2n) is 3.94. The summed E-state index contributed by atoms with van der Waals surface area (Å²) in [5, 5.41) is 5.78. The molecule has 0 saturated heterocycles. The summed E-state index contributed by atoms with van der Waals surface area (Å²) in [6.07, 6.45) is 1.03. The zero-order valence-electron chi connectivity index (χ0n) is 10.8. The predicted molar refractivity (Wildman–Crippen MR) is 71.5 cm³/mol. The van der Waals surface area contributed by atoms with E-state index in [9.17, 15) is 17.6 Å². The Morgan fingerprint density at radius 2 is 2.19 bits per heavy atom. The van der Waals surface area contributed by atoms with Crippen LogP contribution in [-0.4, -0.2) is 31.7 Å². The maximum absolute atomic E-state index is 13.5. The Morgan fingerprint density at radius 1 is 1.48 bits per heavy atom. The fourth-order valence-corrected chi connectivity index (χ4v) is 2.64. The molecule has 0 atom stereocenters. The van der Waals surface area contributed by atoms with E-state index in [-0.39, 0.29) is 16.4 Å². The first kappa shape index (κ1) is 14.8. The second-order valence-corrected chi connectivity index (χ2v) is 5.59. The van der Waals surface area contributed by atoms with Crippen molar-refractivity contribution >= 4 is 27.5 Å². The average molecular weight is 314 g/mol. The van der Waals surface area contributed by atoms with E-state index in [4.69, 9.17) is 5.73 Å². The fraction of sp³-hybridized carbons (Fsp3) is 0.0909. The van der Waals surface area contributed by atoms with Gasteiger partial charge >= 0.3 is 5.97 Å². The number of methoxy groups -OCH3 is 1. The molecule has 112 valence electrons. The molecule has 2 aromatic rings. The van der Waals surface area contributed by atoms with Crippen molar-refractivity contribution in [1.82, 2.24) is 10.2 Å². The Morgan fingerprint density at radius 3 is 2.76 bits per heavy atom. The third-order valence-electron chi connectivity index (χ3n) is 2.55. The highest BCUT2D eigenvalue weighted by Crippen LogP contribution is 2.21. The summed E-state index contributed by atoms with van der Waals surface area (Å²) in [5.74, 6) is -1.89. The Labute approximate surface area is 119 Å². The number of sulfonamides is 1. The second kappa shape index (κ2) is 5.40. The number of rotatable bonds is 4. The van der Waals surface area contributed by atoms with Gasteiger partial charge in [-0.3, -0.25) is 9.82 Å². The van der Waals surface area contributed by atoms with Gasteiger partial charge in [-0.25, -0.2) is 17.6 Å². The fourth-order valence-electron chi connectivity index (χ4n) is 1.56. The number of aromatic amines is 1. The molecule has 0 aliphatic heterocycles. The molecular weight excluding hydrogens is 303 g/mol. The highest BCUT2D eigenvalue weighted by Gasteiger charge is 2.21. The van der Waals surface area contributed by atoms with Crippen molar-refractivity contribution in [2.45, 2.75) is 4.90 Å². The summed E-state index contributed by atoms with van der Waals surface area (Å²) >= 11 is 0. The summed E-state index contributed by atoms with van der Waals surface area (Å²) in [7, 11) is -2.92. The highest BCUT2D eigenvalue weighted by molar-refractivity contribution is 7.92. The number of nitrogen functional groups attached to an aromatic ring is 1. The summed E-state index contributed by atoms with van der Waals surface area (Å²) in [5.41, 5.74) is 5.03. The molecule has 0 radical (unpaired) electrons. The van der Waals surface area contributed by atoms with E-state index in [0.29, 0.717) is 0 Å². The van der Waals surface area contributed by atoms with E-state index >= 15 is 0 Å². The molecule has 1 aromatic carbocycles. The summed E-state index contributed by atoms with van der Waals surface area (Å²) < 4.78 is 44.1. The molecule has 2 rings (SSSR count). The SMILES string of the molecule is COC(=O)c1cc(NS(=O)(=O)c2cn[nH]c2N)ccc1F. The van der Waals surface area contributed by atoms with Gasteiger partial charge in [0.1, 0.15) is 16.5 Å². The van der Waals surface area contributed by atoms with Gasteiger partial charge in [-0.15, -0.1) is 0 Å². The lowest BCUT2D eigenvalue weighted by atomic mass is 10.2. The Bertz CT molecular complexity index is 787. The minimum absolute atomic E-state index is 0.0163. The number of carbonyl (C=O) groups excluding carboxylic acids is 1. The maximum Gasteiger partial charge on any atom is 0.340 e. The molecule has 21 heavy (non-hydrogen) atoms. The molecule has 0 bridgehead atoms. The zero-order valence-corrected chi connectivity index (χ0v) is 11.6. The summed E-state index contributed by atoms with van der Waals surface area (Å²) in [6.45, 7) is 0.